The Morgan fingerprint density at radius 3 is 2.14 bits per heavy atom. The zero-order chi connectivity index (χ0) is 34.7. The van der Waals surface area contributed by atoms with Gasteiger partial charge in [0, 0.05) is 47.5 Å². The number of para-hydroxylation sites is 1. The molecule has 0 saturated heterocycles. The fraction of sp³-hybridized carbons (Fsp3) is 0.275. The van der Waals surface area contributed by atoms with Crippen LogP contribution in [0.25, 0.3) is 22.0 Å². The Hall–Kier alpha value is -4.89. The average Bonchev–Trinajstić information content (AvgIpc) is 3.61. The van der Waals surface area contributed by atoms with E-state index in [1.807, 2.05) is 80.7 Å². The molecule has 1 heterocycles. The maximum Gasteiger partial charge on any atom is 0.410 e. The Morgan fingerprint density at radius 1 is 0.898 bits per heavy atom. The summed E-state index contributed by atoms with van der Waals surface area (Å²) in [6, 6.07) is 30.2. The van der Waals surface area contributed by atoms with E-state index in [1.165, 1.54) is 4.90 Å². The number of hydrogen-bond donors (Lipinski definition) is 2. The van der Waals surface area contributed by atoms with Gasteiger partial charge in [-0.25, -0.2) is 9.59 Å². The zero-order valence-electron chi connectivity index (χ0n) is 27.8. The Morgan fingerprint density at radius 2 is 1.51 bits per heavy atom. The number of carboxylic acids is 1. The molecule has 0 spiro atoms. The molecule has 6 rings (SSSR count). The Balaban J connectivity index is 1.28. The summed E-state index contributed by atoms with van der Waals surface area (Å²) >= 11 is 3.50. The van der Waals surface area contributed by atoms with Crippen molar-refractivity contribution in [2.24, 2.45) is 5.92 Å². The number of benzene rings is 4. The highest BCUT2D eigenvalue weighted by molar-refractivity contribution is 9.10. The van der Waals surface area contributed by atoms with E-state index in [2.05, 4.69) is 62.2 Å². The lowest BCUT2D eigenvalue weighted by atomic mass is 9.98. The van der Waals surface area contributed by atoms with Crippen LogP contribution < -0.4 is 5.32 Å². The van der Waals surface area contributed by atoms with Gasteiger partial charge in [0.05, 0.1) is 0 Å². The molecule has 2 amide bonds. The van der Waals surface area contributed by atoms with E-state index in [9.17, 15) is 19.5 Å². The summed E-state index contributed by atoms with van der Waals surface area (Å²) in [5.41, 5.74) is 7.38. The topological polar surface area (TPSA) is 101 Å². The van der Waals surface area contributed by atoms with Gasteiger partial charge in [-0.15, -0.1) is 0 Å². The van der Waals surface area contributed by atoms with E-state index in [0.29, 0.717) is 6.54 Å². The van der Waals surface area contributed by atoms with Crippen molar-refractivity contribution in [2.45, 2.75) is 51.2 Å². The molecule has 0 saturated carbocycles. The monoisotopic (exact) mass is 721 g/mol. The van der Waals surface area contributed by atoms with Crippen molar-refractivity contribution < 1.29 is 24.2 Å². The van der Waals surface area contributed by atoms with Gasteiger partial charge in [0.1, 0.15) is 18.7 Å². The maximum atomic E-state index is 14.0. The molecule has 8 nitrogen and oxygen atoms in total. The highest BCUT2D eigenvalue weighted by atomic mass is 79.9. The van der Waals surface area contributed by atoms with Gasteiger partial charge in [0.25, 0.3) is 0 Å². The smallest absolute Gasteiger partial charge is 0.410 e. The first kappa shape index (κ1) is 34.0. The molecule has 49 heavy (non-hydrogen) atoms. The molecule has 9 heteroatoms. The lowest BCUT2D eigenvalue weighted by Crippen LogP contribution is -2.53. The van der Waals surface area contributed by atoms with Gasteiger partial charge < -0.3 is 19.7 Å². The van der Waals surface area contributed by atoms with Gasteiger partial charge in [-0.05, 0) is 63.9 Å². The summed E-state index contributed by atoms with van der Waals surface area (Å²) in [4.78, 5) is 41.3. The molecule has 0 fully saturated rings. The quantitative estimate of drug-likeness (QED) is 0.137. The molecule has 0 radical (unpaired) electrons. The predicted octanol–water partition coefficient (Wildman–Crippen LogP) is 7.86. The number of ether oxygens (including phenoxy) is 1. The van der Waals surface area contributed by atoms with Crippen molar-refractivity contribution in [2.75, 3.05) is 13.7 Å². The number of carbonyl (C=O) groups excluding carboxylic acids is 2. The van der Waals surface area contributed by atoms with Crippen LogP contribution in [-0.2, 0) is 27.3 Å². The fourth-order valence-corrected chi connectivity index (χ4v) is 7.06. The Kier molecular flexibility index (Phi) is 10.2. The van der Waals surface area contributed by atoms with Crippen molar-refractivity contribution in [3.63, 3.8) is 0 Å². The Labute approximate surface area is 294 Å². The van der Waals surface area contributed by atoms with E-state index >= 15 is 0 Å². The largest absolute Gasteiger partial charge is 0.480 e. The zero-order valence-corrected chi connectivity index (χ0v) is 29.4. The van der Waals surface area contributed by atoms with Crippen molar-refractivity contribution in [3.05, 3.63) is 130 Å². The van der Waals surface area contributed by atoms with Gasteiger partial charge in [0.15, 0.2) is 0 Å². The third-order valence-electron chi connectivity index (χ3n) is 9.27. The predicted molar refractivity (Wildman–Crippen MR) is 195 cm³/mol. The van der Waals surface area contributed by atoms with Gasteiger partial charge >= 0.3 is 12.1 Å². The SMILES string of the molecule is CC(C)C[C@H](NC(=O)[C@H](Cc1cn(Cc2ccc(Br)cc2)c2ccccc12)N(C)C(=O)OCC1c2ccccc2-c2ccccc21)C(=O)O. The minimum absolute atomic E-state index is 0.0382. The van der Waals surface area contributed by atoms with Crippen LogP contribution in [0.2, 0.25) is 0 Å². The number of rotatable bonds is 12. The first-order valence-electron chi connectivity index (χ1n) is 16.5. The number of aliphatic carboxylic acids is 1. The first-order chi connectivity index (χ1) is 23.6. The first-order valence-corrected chi connectivity index (χ1v) is 17.3. The van der Waals surface area contributed by atoms with Crippen molar-refractivity contribution in [1.29, 1.82) is 0 Å². The minimum Gasteiger partial charge on any atom is -0.480 e. The number of aromatic nitrogens is 1. The molecule has 5 aromatic rings. The number of carbonyl (C=O) groups is 3. The van der Waals surface area contributed by atoms with Crippen molar-refractivity contribution in [1.82, 2.24) is 14.8 Å². The third-order valence-corrected chi connectivity index (χ3v) is 9.80. The van der Waals surface area contributed by atoms with Crippen LogP contribution in [0.3, 0.4) is 0 Å². The molecule has 2 N–H and O–H groups in total. The van der Waals surface area contributed by atoms with Gasteiger partial charge in [0.2, 0.25) is 5.91 Å². The number of nitrogens with zero attached hydrogens (tertiary/aromatic N) is 2. The number of nitrogens with one attached hydrogen (secondary N) is 1. The third kappa shape index (κ3) is 7.42. The Bertz CT molecular complexity index is 1940. The highest BCUT2D eigenvalue weighted by Gasteiger charge is 2.34. The summed E-state index contributed by atoms with van der Waals surface area (Å²) in [7, 11) is 1.54. The molecule has 1 aliphatic rings. The van der Waals surface area contributed by atoms with Crippen LogP contribution in [0.4, 0.5) is 4.79 Å². The molecular weight excluding hydrogens is 682 g/mol. The average molecular weight is 723 g/mol. The summed E-state index contributed by atoms with van der Waals surface area (Å²) in [5, 5.41) is 13.6. The summed E-state index contributed by atoms with van der Waals surface area (Å²) in [6.07, 6.45) is 1.78. The second-order valence-electron chi connectivity index (χ2n) is 13.1. The molecule has 1 aromatic heterocycles. The van der Waals surface area contributed by atoms with Gasteiger partial charge in [-0.1, -0.05) is 109 Å². The van der Waals surface area contributed by atoms with E-state index in [1.54, 1.807) is 7.05 Å². The molecule has 0 aliphatic heterocycles. The number of amides is 2. The number of halogens is 1. The van der Waals surface area contributed by atoms with E-state index in [4.69, 9.17) is 4.74 Å². The fourth-order valence-electron chi connectivity index (χ4n) is 6.80. The van der Waals surface area contributed by atoms with Crippen molar-refractivity contribution in [3.8, 4) is 11.1 Å². The van der Waals surface area contributed by atoms with Gasteiger partial charge in [-0.2, -0.15) is 0 Å². The normalized spacial score (nSPS) is 13.5. The number of fused-ring (bicyclic) bond motifs is 4. The second kappa shape index (κ2) is 14.7. The van der Waals surface area contributed by atoms with E-state index in [0.717, 1.165) is 48.8 Å². The number of likely N-dealkylation sites (N-methyl/N-ethyl adjacent to an activating group) is 1. The molecule has 1 aliphatic carbocycles. The molecule has 0 bridgehead atoms. The summed E-state index contributed by atoms with van der Waals surface area (Å²) in [5.74, 6) is -1.77. The summed E-state index contributed by atoms with van der Waals surface area (Å²) < 4.78 is 9.08. The molecule has 0 unspecified atom stereocenters. The molecule has 252 valence electrons. The van der Waals surface area contributed by atoms with E-state index < -0.39 is 30.1 Å². The molecular formula is C40H40BrN3O5. The van der Waals surface area contributed by atoms with Crippen LogP contribution >= 0.6 is 15.9 Å². The summed E-state index contributed by atoms with van der Waals surface area (Å²) in [6.45, 7) is 4.52. The highest BCUT2D eigenvalue weighted by Crippen LogP contribution is 2.44. The van der Waals surface area contributed by atoms with Crippen LogP contribution in [-0.4, -0.2) is 58.3 Å². The number of hydrogen-bond acceptors (Lipinski definition) is 4. The van der Waals surface area contributed by atoms with Crippen molar-refractivity contribution >= 4 is 44.8 Å². The van der Waals surface area contributed by atoms with Crippen LogP contribution in [0, 0.1) is 5.92 Å². The van der Waals surface area contributed by atoms with Crippen LogP contribution in [0.5, 0.6) is 0 Å². The van der Waals surface area contributed by atoms with E-state index in [-0.39, 0.29) is 31.3 Å². The van der Waals surface area contributed by atoms with Gasteiger partial charge in [-0.3, -0.25) is 9.69 Å². The second-order valence-corrected chi connectivity index (χ2v) is 14.0. The van der Waals surface area contributed by atoms with Crippen LogP contribution in [0.1, 0.15) is 48.4 Å². The lowest BCUT2D eigenvalue weighted by Gasteiger charge is -2.29. The minimum atomic E-state index is -1.12. The standard InChI is InChI=1S/C40H40BrN3O5/c1-25(2)20-35(39(46)47)42-38(45)37(21-27-23-44(36-15-9-8-10-29(27)36)22-26-16-18-28(41)19-17-26)43(3)40(48)49-24-34-32-13-6-4-11-30(32)31-12-5-7-14-33(31)34/h4-19,23,25,34-35,37H,20-22,24H2,1-3H3,(H,42,45)(H,46,47)/t35-,37-/m0/s1. The maximum absolute atomic E-state index is 14.0. The van der Waals surface area contributed by atoms with Crippen LogP contribution in [0.15, 0.2) is 108 Å². The molecule has 2 atom stereocenters. The number of carboxylic acid groups (broad SMARTS) is 1. The lowest BCUT2D eigenvalue weighted by molar-refractivity contribution is -0.143. The molecule has 4 aromatic carbocycles.